The van der Waals surface area contributed by atoms with Crippen molar-refractivity contribution in [3.63, 3.8) is 0 Å². The molecule has 0 spiro atoms. The summed E-state index contributed by atoms with van der Waals surface area (Å²) < 4.78 is 13.1. The van der Waals surface area contributed by atoms with E-state index < -0.39 is 0 Å². The van der Waals surface area contributed by atoms with E-state index in [1.54, 1.807) is 31.3 Å². The molecule has 0 atom stereocenters. The molecule has 0 aliphatic heterocycles. The molecule has 0 fully saturated rings. The Kier molecular flexibility index (Phi) is 3.72. The number of benzene rings is 1. The van der Waals surface area contributed by atoms with E-state index in [1.165, 1.54) is 6.07 Å². The molecule has 4 nitrogen and oxygen atoms in total. The van der Waals surface area contributed by atoms with Gasteiger partial charge in [-0.15, -0.1) is 0 Å². The third-order valence-electron chi connectivity index (χ3n) is 2.42. The largest absolute Gasteiger partial charge is 0.354 e. The maximum absolute atomic E-state index is 13.1. The molecule has 5 heteroatoms. The van der Waals surface area contributed by atoms with Gasteiger partial charge >= 0.3 is 0 Å². The fourth-order valence-corrected chi connectivity index (χ4v) is 1.54. The van der Waals surface area contributed by atoms with Gasteiger partial charge in [-0.05, 0) is 43.7 Å². The standard InChI is InChI=1S/C13H15FN4/c1-3-15-13-16-7-6-12(18-13)17-10-4-5-11(14)9(2)8-10/h4-8H,3H2,1-2H3,(H2,15,16,17,18). The summed E-state index contributed by atoms with van der Waals surface area (Å²) in [5.74, 6) is 1.03. The van der Waals surface area contributed by atoms with Crippen molar-refractivity contribution in [3.8, 4) is 0 Å². The topological polar surface area (TPSA) is 49.8 Å². The van der Waals surface area contributed by atoms with Gasteiger partial charge in [0.2, 0.25) is 5.95 Å². The third kappa shape index (κ3) is 2.94. The lowest BCUT2D eigenvalue weighted by Gasteiger charge is -2.08. The summed E-state index contributed by atoms with van der Waals surface area (Å²) >= 11 is 0. The van der Waals surface area contributed by atoms with Gasteiger partial charge in [0.25, 0.3) is 0 Å². The van der Waals surface area contributed by atoms with Gasteiger partial charge in [-0.2, -0.15) is 4.98 Å². The molecule has 1 aromatic heterocycles. The van der Waals surface area contributed by atoms with Crippen molar-refractivity contribution in [2.24, 2.45) is 0 Å². The van der Waals surface area contributed by atoms with Crippen molar-refractivity contribution in [1.82, 2.24) is 9.97 Å². The molecule has 0 aliphatic carbocycles. The molecule has 0 radical (unpaired) electrons. The van der Waals surface area contributed by atoms with E-state index in [4.69, 9.17) is 0 Å². The molecule has 94 valence electrons. The maximum Gasteiger partial charge on any atom is 0.224 e. The molecule has 0 aliphatic rings. The van der Waals surface area contributed by atoms with E-state index >= 15 is 0 Å². The Hall–Kier alpha value is -2.17. The van der Waals surface area contributed by atoms with Crippen LogP contribution in [0.15, 0.2) is 30.5 Å². The summed E-state index contributed by atoms with van der Waals surface area (Å²) in [4.78, 5) is 8.36. The second kappa shape index (κ2) is 5.44. The Labute approximate surface area is 105 Å². The molecule has 0 saturated heterocycles. The minimum absolute atomic E-state index is 0.212. The first-order chi connectivity index (χ1) is 8.69. The van der Waals surface area contributed by atoms with Gasteiger partial charge < -0.3 is 10.6 Å². The van der Waals surface area contributed by atoms with Gasteiger partial charge in [-0.25, -0.2) is 9.37 Å². The van der Waals surface area contributed by atoms with Crippen molar-refractivity contribution < 1.29 is 4.39 Å². The zero-order valence-corrected chi connectivity index (χ0v) is 10.4. The first-order valence-electron chi connectivity index (χ1n) is 5.79. The van der Waals surface area contributed by atoms with Gasteiger partial charge in [0, 0.05) is 18.4 Å². The first kappa shape index (κ1) is 12.3. The lowest BCUT2D eigenvalue weighted by Crippen LogP contribution is -2.03. The highest BCUT2D eigenvalue weighted by molar-refractivity contribution is 5.57. The molecule has 2 rings (SSSR count). The van der Waals surface area contributed by atoms with Crippen LogP contribution in [-0.2, 0) is 0 Å². The summed E-state index contributed by atoms with van der Waals surface area (Å²) in [5, 5.41) is 6.14. The van der Waals surface area contributed by atoms with Gasteiger partial charge in [0.1, 0.15) is 11.6 Å². The van der Waals surface area contributed by atoms with Crippen LogP contribution in [0.2, 0.25) is 0 Å². The molecular weight excluding hydrogens is 231 g/mol. The predicted molar refractivity (Wildman–Crippen MR) is 70.6 cm³/mol. The van der Waals surface area contributed by atoms with Gasteiger partial charge in [-0.3, -0.25) is 0 Å². The number of nitrogens with one attached hydrogen (secondary N) is 2. The Morgan fingerprint density at radius 1 is 1.28 bits per heavy atom. The smallest absolute Gasteiger partial charge is 0.224 e. The Morgan fingerprint density at radius 3 is 2.83 bits per heavy atom. The van der Waals surface area contributed by atoms with Crippen molar-refractivity contribution >= 4 is 17.5 Å². The van der Waals surface area contributed by atoms with Crippen LogP contribution in [0.1, 0.15) is 12.5 Å². The number of nitrogens with zero attached hydrogens (tertiary/aromatic N) is 2. The molecule has 0 saturated carbocycles. The van der Waals surface area contributed by atoms with Gasteiger partial charge in [0.15, 0.2) is 0 Å². The van der Waals surface area contributed by atoms with Crippen molar-refractivity contribution in [1.29, 1.82) is 0 Å². The Morgan fingerprint density at radius 2 is 2.11 bits per heavy atom. The Balaban J connectivity index is 2.17. The number of hydrogen-bond acceptors (Lipinski definition) is 4. The average Bonchev–Trinajstić information content (AvgIpc) is 2.35. The Bertz CT molecular complexity index is 542. The van der Waals surface area contributed by atoms with E-state index in [0.29, 0.717) is 17.3 Å². The molecule has 18 heavy (non-hydrogen) atoms. The van der Waals surface area contributed by atoms with E-state index in [-0.39, 0.29) is 5.82 Å². The van der Waals surface area contributed by atoms with Crippen LogP contribution in [0.4, 0.5) is 21.8 Å². The maximum atomic E-state index is 13.1. The zero-order valence-electron chi connectivity index (χ0n) is 10.4. The molecule has 2 aromatic rings. The van der Waals surface area contributed by atoms with E-state index in [1.807, 2.05) is 6.92 Å². The number of aryl methyl sites for hydroxylation is 1. The van der Waals surface area contributed by atoms with E-state index in [9.17, 15) is 4.39 Å². The minimum Gasteiger partial charge on any atom is -0.354 e. The normalized spacial score (nSPS) is 10.2. The minimum atomic E-state index is -0.212. The molecule has 0 unspecified atom stereocenters. The second-order valence-electron chi connectivity index (χ2n) is 3.88. The van der Waals surface area contributed by atoms with Crippen molar-refractivity contribution in [3.05, 3.63) is 41.8 Å². The van der Waals surface area contributed by atoms with Crippen molar-refractivity contribution in [2.75, 3.05) is 17.2 Å². The molecular formula is C13H15FN4. The lowest BCUT2D eigenvalue weighted by molar-refractivity contribution is 0.619. The second-order valence-corrected chi connectivity index (χ2v) is 3.88. The lowest BCUT2D eigenvalue weighted by atomic mass is 10.2. The number of hydrogen-bond donors (Lipinski definition) is 2. The monoisotopic (exact) mass is 246 g/mol. The number of halogens is 1. The highest BCUT2D eigenvalue weighted by Gasteiger charge is 2.01. The highest BCUT2D eigenvalue weighted by atomic mass is 19.1. The molecule has 0 amide bonds. The van der Waals surface area contributed by atoms with Crippen LogP contribution in [0.3, 0.4) is 0 Å². The molecule has 2 N–H and O–H groups in total. The number of anilines is 3. The van der Waals surface area contributed by atoms with Crippen molar-refractivity contribution in [2.45, 2.75) is 13.8 Å². The van der Waals surface area contributed by atoms with Gasteiger partial charge in [0.05, 0.1) is 0 Å². The summed E-state index contributed by atoms with van der Waals surface area (Å²) in [5.41, 5.74) is 1.40. The summed E-state index contributed by atoms with van der Waals surface area (Å²) in [7, 11) is 0. The zero-order chi connectivity index (χ0) is 13.0. The number of rotatable bonds is 4. The van der Waals surface area contributed by atoms with Crippen LogP contribution in [-0.4, -0.2) is 16.5 Å². The SMILES string of the molecule is CCNc1nccc(Nc2ccc(F)c(C)c2)n1. The average molecular weight is 246 g/mol. The summed E-state index contributed by atoms with van der Waals surface area (Å²) in [6.07, 6.45) is 1.67. The fourth-order valence-electron chi connectivity index (χ4n) is 1.54. The van der Waals surface area contributed by atoms with Crippen LogP contribution in [0, 0.1) is 12.7 Å². The summed E-state index contributed by atoms with van der Waals surface area (Å²) in [6, 6.07) is 6.62. The van der Waals surface area contributed by atoms with E-state index in [2.05, 4.69) is 20.6 Å². The number of aromatic nitrogens is 2. The van der Waals surface area contributed by atoms with Crippen LogP contribution in [0.5, 0.6) is 0 Å². The molecule has 0 bridgehead atoms. The van der Waals surface area contributed by atoms with Crippen LogP contribution < -0.4 is 10.6 Å². The van der Waals surface area contributed by atoms with Crippen LogP contribution >= 0.6 is 0 Å². The van der Waals surface area contributed by atoms with E-state index in [0.717, 1.165) is 12.2 Å². The first-order valence-corrected chi connectivity index (χ1v) is 5.79. The predicted octanol–water partition coefficient (Wildman–Crippen LogP) is 3.10. The van der Waals surface area contributed by atoms with Crippen LogP contribution in [0.25, 0.3) is 0 Å². The van der Waals surface area contributed by atoms with Gasteiger partial charge in [-0.1, -0.05) is 0 Å². The highest BCUT2D eigenvalue weighted by Crippen LogP contribution is 2.18. The third-order valence-corrected chi connectivity index (χ3v) is 2.42. The fraction of sp³-hybridized carbons (Fsp3) is 0.231. The molecule has 1 aromatic carbocycles. The molecule has 1 heterocycles. The summed E-state index contributed by atoms with van der Waals surface area (Å²) in [6.45, 7) is 4.47. The quantitative estimate of drug-likeness (QED) is 0.870.